The number of nitrogens with zero attached hydrogens (tertiary/aromatic N) is 4. The van der Waals surface area contributed by atoms with Crippen molar-refractivity contribution in [3.63, 3.8) is 0 Å². The Balaban J connectivity index is 3.28. The molecule has 1 rings (SSSR count). The molecule has 0 bridgehead atoms. The fraction of sp³-hybridized carbons (Fsp3) is 0.700. The van der Waals surface area contributed by atoms with Crippen LogP contribution in [0.3, 0.4) is 0 Å². The first kappa shape index (κ1) is 14.4. The van der Waals surface area contributed by atoms with Gasteiger partial charge in [0.2, 0.25) is 5.82 Å². The zero-order chi connectivity index (χ0) is 13.7. The second-order valence-electron chi connectivity index (χ2n) is 3.76. The second-order valence-corrected chi connectivity index (χ2v) is 3.76. The molecule has 0 aliphatic rings. The first-order valence-electron chi connectivity index (χ1n) is 5.75. The molecule has 1 aromatic rings. The van der Waals surface area contributed by atoms with Crippen LogP contribution in [0.2, 0.25) is 0 Å². The SMILES string of the molecule is CCn1nc(C)c([N+](=O)[O-])c1N(CCO)CCO. The van der Waals surface area contributed by atoms with Gasteiger partial charge in [-0.1, -0.05) is 0 Å². The van der Waals surface area contributed by atoms with Gasteiger partial charge in [0.05, 0.1) is 18.1 Å². The summed E-state index contributed by atoms with van der Waals surface area (Å²) in [6.07, 6.45) is 0. The monoisotopic (exact) mass is 258 g/mol. The highest BCUT2D eigenvalue weighted by atomic mass is 16.6. The molecule has 0 aliphatic heterocycles. The lowest BCUT2D eigenvalue weighted by molar-refractivity contribution is -0.384. The third-order valence-corrected chi connectivity index (χ3v) is 2.59. The van der Waals surface area contributed by atoms with Crippen LogP contribution < -0.4 is 4.90 Å². The van der Waals surface area contributed by atoms with Gasteiger partial charge in [0.25, 0.3) is 0 Å². The Labute approximate surface area is 105 Å². The molecule has 102 valence electrons. The van der Waals surface area contributed by atoms with Crippen molar-refractivity contribution in [3.05, 3.63) is 15.8 Å². The average molecular weight is 258 g/mol. The van der Waals surface area contributed by atoms with Crippen molar-refractivity contribution in [2.45, 2.75) is 20.4 Å². The van der Waals surface area contributed by atoms with Crippen molar-refractivity contribution in [1.29, 1.82) is 0 Å². The number of nitro groups is 1. The van der Waals surface area contributed by atoms with Gasteiger partial charge in [-0.05, 0) is 13.8 Å². The van der Waals surface area contributed by atoms with Crippen molar-refractivity contribution >= 4 is 11.5 Å². The molecule has 0 aromatic carbocycles. The first-order valence-corrected chi connectivity index (χ1v) is 5.75. The van der Waals surface area contributed by atoms with Crippen molar-refractivity contribution in [2.75, 3.05) is 31.2 Å². The highest BCUT2D eigenvalue weighted by Crippen LogP contribution is 2.31. The number of aliphatic hydroxyl groups excluding tert-OH is 2. The zero-order valence-corrected chi connectivity index (χ0v) is 10.5. The van der Waals surface area contributed by atoms with Gasteiger partial charge in [0.15, 0.2) is 0 Å². The summed E-state index contributed by atoms with van der Waals surface area (Å²) in [6.45, 7) is 4.02. The van der Waals surface area contributed by atoms with E-state index in [9.17, 15) is 10.1 Å². The molecule has 8 heteroatoms. The van der Waals surface area contributed by atoms with E-state index in [4.69, 9.17) is 10.2 Å². The van der Waals surface area contributed by atoms with Crippen LogP contribution in [0.25, 0.3) is 0 Å². The molecule has 0 saturated carbocycles. The topological polar surface area (TPSA) is 105 Å². The van der Waals surface area contributed by atoms with E-state index in [2.05, 4.69) is 5.10 Å². The van der Waals surface area contributed by atoms with Gasteiger partial charge < -0.3 is 15.1 Å². The molecule has 0 radical (unpaired) electrons. The lowest BCUT2D eigenvalue weighted by atomic mass is 10.3. The Bertz CT molecular complexity index is 412. The quantitative estimate of drug-likeness (QED) is 0.523. The van der Waals surface area contributed by atoms with Crippen molar-refractivity contribution in [1.82, 2.24) is 9.78 Å². The van der Waals surface area contributed by atoms with Gasteiger partial charge in [-0.15, -0.1) is 0 Å². The maximum Gasteiger partial charge on any atom is 0.333 e. The van der Waals surface area contributed by atoms with Crippen LogP contribution in [-0.2, 0) is 6.54 Å². The van der Waals surface area contributed by atoms with Crippen LogP contribution in [0.4, 0.5) is 11.5 Å². The van der Waals surface area contributed by atoms with Gasteiger partial charge in [-0.25, -0.2) is 4.68 Å². The number of hydrogen-bond donors (Lipinski definition) is 2. The van der Waals surface area contributed by atoms with E-state index in [0.29, 0.717) is 18.1 Å². The Morgan fingerprint density at radius 3 is 2.33 bits per heavy atom. The summed E-state index contributed by atoms with van der Waals surface area (Å²) in [5, 5.41) is 33.2. The highest BCUT2D eigenvalue weighted by Gasteiger charge is 2.28. The lowest BCUT2D eigenvalue weighted by Crippen LogP contribution is -2.32. The zero-order valence-electron chi connectivity index (χ0n) is 10.5. The summed E-state index contributed by atoms with van der Waals surface area (Å²) in [5.41, 5.74) is 0.261. The number of anilines is 1. The van der Waals surface area contributed by atoms with Gasteiger partial charge in [-0.2, -0.15) is 5.10 Å². The normalized spacial score (nSPS) is 10.7. The third-order valence-electron chi connectivity index (χ3n) is 2.59. The third kappa shape index (κ3) is 2.77. The summed E-state index contributed by atoms with van der Waals surface area (Å²) in [7, 11) is 0. The van der Waals surface area contributed by atoms with E-state index in [1.807, 2.05) is 6.92 Å². The van der Waals surface area contributed by atoms with Gasteiger partial charge in [0, 0.05) is 19.6 Å². The average Bonchev–Trinajstić information content (AvgIpc) is 2.65. The molecule has 18 heavy (non-hydrogen) atoms. The molecular weight excluding hydrogens is 240 g/mol. The van der Waals surface area contributed by atoms with Crippen LogP contribution in [0, 0.1) is 17.0 Å². The van der Waals surface area contributed by atoms with Gasteiger partial charge >= 0.3 is 5.69 Å². The summed E-state index contributed by atoms with van der Waals surface area (Å²) in [5.74, 6) is 0.336. The number of hydrogen-bond acceptors (Lipinski definition) is 6. The molecule has 8 nitrogen and oxygen atoms in total. The van der Waals surface area contributed by atoms with E-state index in [1.165, 1.54) is 4.68 Å². The Hall–Kier alpha value is -1.67. The standard InChI is InChI=1S/C10H18N4O4/c1-3-13-10(12(4-6-15)5-7-16)9(14(17)18)8(2)11-13/h15-16H,3-7H2,1-2H3. The minimum atomic E-state index is -0.481. The molecule has 2 N–H and O–H groups in total. The summed E-state index contributed by atoms with van der Waals surface area (Å²) >= 11 is 0. The Morgan fingerprint density at radius 2 is 1.94 bits per heavy atom. The summed E-state index contributed by atoms with van der Waals surface area (Å²) < 4.78 is 1.51. The van der Waals surface area contributed by atoms with Gasteiger partial charge in [-0.3, -0.25) is 10.1 Å². The van der Waals surface area contributed by atoms with Crippen LogP contribution in [0.15, 0.2) is 0 Å². The lowest BCUT2D eigenvalue weighted by Gasteiger charge is -2.22. The molecule has 0 atom stereocenters. The summed E-state index contributed by atoms with van der Waals surface area (Å²) in [4.78, 5) is 12.2. The predicted molar refractivity (Wildman–Crippen MR) is 65.7 cm³/mol. The maximum absolute atomic E-state index is 11.1. The van der Waals surface area contributed by atoms with Crippen LogP contribution in [0.5, 0.6) is 0 Å². The Morgan fingerprint density at radius 1 is 1.39 bits per heavy atom. The summed E-state index contributed by atoms with van der Waals surface area (Å²) in [6, 6.07) is 0. The van der Waals surface area contributed by atoms with Gasteiger partial charge in [0.1, 0.15) is 5.69 Å². The predicted octanol–water partition coefficient (Wildman–Crippen LogP) is -0.0894. The molecule has 1 aromatic heterocycles. The largest absolute Gasteiger partial charge is 0.395 e. The fourth-order valence-corrected chi connectivity index (χ4v) is 1.87. The van der Waals surface area contributed by atoms with E-state index in [1.54, 1.807) is 11.8 Å². The number of aryl methyl sites for hydroxylation is 2. The molecule has 0 saturated heterocycles. The Kier molecular flexibility index (Phi) is 5.05. The molecule has 1 heterocycles. The van der Waals surface area contributed by atoms with Crippen LogP contribution >= 0.6 is 0 Å². The fourth-order valence-electron chi connectivity index (χ4n) is 1.87. The second kappa shape index (κ2) is 6.31. The van der Waals surface area contributed by atoms with E-state index < -0.39 is 4.92 Å². The molecule has 0 unspecified atom stereocenters. The first-order chi connectivity index (χ1) is 8.56. The minimum absolute atomic E-state index is 0.0706. The van der Waals surface area contributed by atoms with E-state index in [0.717, 1.165) is 0 Å². The number of aromatic nitrogens is 2. The highest BCUT2D eigenvalue weighted by molar-refractivity contribution is 5.61. The van der Waals surface area contributed by atoms with Crippen LogP contribution in [0.1, 0.15) is 12.6 Å². The number of aliphatic hydroxyl groups is 2. The van der Waals surface area contributed by atoms with Crippen molar-refractivity contribution < 1.29 is 15.1 Å². The van der Waals surface area contributed by atoms with E-state index >= 15 is 0 Å². The van der Waals surface area contributed by atoms with Crippen LogP contribution in [-0.4, -0.2) is 51.2 Å². The van der Waals surface area contributed by atoms with E-state index in [-0.39, 0.29) is 32.0 Å². The maximum atomic E-state index is 11.1. The molecule has 0 spiro atoms. The number of rotatable bonds is 7. The van der Waals surface area contributed by atoms with Crippen molar-refractivity contribution in [3.8, 4) is 0 Å². The molecular formula is C10H18N4O4. The molecule has 0 fully saturated rings. The van der Waals surface area contributed by atoms with Crippen molar-refractivity contribution in [2.24, 2.45) is 0 Å². The molecule has 0 amide bonds. The smallest absolute Gasteiger partial charge is 0.333 e. The minimum Gasteiger partial charge on any atom is -0.395 e. The molecule has 0 aliphatic carbocycles.